The third-order valence-electron chi connectivity index (χ3n) is 2.90. The summed E-state index contributed by atoms with van der Waals surface area (Å²) >= 11 is 5.63. The molecule has 0 bridgehead atoms. The van der Waals surface area contributed by atoms with Crippen molar-refractivity contribution in [1.29, 1.82) is 0 Å². The van der Waals surface area contributed by atoms with E-state index in [1.54, 1.807) is 12.1 Å². The Morgan fingerprint density at radius 1 is 1.39 bits per heavy atom. The molecule has 2 aromatic rings. The Bertz CT molecular complexity index is 793. The van der Waals surface area contributed by atoms with E-state index in [2.05, 4.69) is 5.32 Å². The summed E-state index contributed by atoms with van der Waals surface area (Å²) in [6.45, 7) is -0.474. The van der Waals surface area contributed by atoms with Gasteiger partial charge < -0.3 is 9.73 Å². The fraction of sp³-hybridized carbons (Fsp3) is 0.214. The predicted octanol–water partition coefficient (Wildman–Crippen LogP) is 2.47. The van der Waals surface area contributed by atoms with Gasteiger partial charge in [0.15, 0.2) is 0 Å². The molecule has 0 radical (unpaired) electrons. The van der Waals surface area contributed by atoms with Crippen LogP contribution in [-0.2, 0) is 21.4 Å². The SMILES string of the molecule is CS(=O)(=O)N(CC(=O)Nc1ccc(F)c(Cl)c1)Cc1ccco1. The highest BCUT2D eigenvalue weighted by Gasteiger charge is 2.21. The summed E-state index contributed by atoms with van der Waals surface area (Å²) in [6, 6.07) is 6.91. The Kier molecular flexibility index (Phi) is 5.40. The highest BCUT2D eigenvalue weighted by Crippen LogP contribution is 2.19. The molecule has 0 saturated heterocycles. The van der Waals surface area contributed by atoms with E-state index in [0.717, 1.165) is 16.6 Å². The fourth-order valence-corrected chi connectivity index (χ4v) is 2.70. The van der Waals surface area contributed by atoms with E-state index in [-0.39, 0.29) is 17.3 Å². The fourth-order valence-electron chi connectivity index (χ4n) is 1.80. The Labute approximate surface area is 137 Å². The number of halogens is 2. The third kappa shape index (κ3) is 5.05. The molecule has 1 aromatic heterocycles. The molecule has 124 valence electrons. The van der Waals surface area contributed by atoms with Gasteiger partial charge >= 0.3 is 0 Å². The monoisotopic (exact) mass is 360 g/mol. The summed E-state index contributed by atoms with van der Waals surface area (Å²) in [5.41, 5.74) is 0.271. The van der Waals surface area contributed by atoms with Crippen LogP contribution in [0, 0.1) is 5.82 Å². The molecule has 1 aromatic carbocycles. The first-order valence-electron chi connectivity index (χ1n) is 6.48. The number of furan rings is 1. The molecular weight excluding hydrogens is 347 g/mol. The summed E-state index contributed by atoms with van der Waals surface area (Å²) in [5, 5.41) is 2.32. The van der Waals surface area contributed by atoms with Crippen molar-refractivity contribution in [2.75, 3.05) is 18.1 Å². The van der Waals surface area contributed by atoms with Crippen LogP contribution in [0.4, 0.5) is 10.1 Å². The van der Waals surface area contributed by atoms with Gasteiger partial charge in [-0.2, -0.15) is 4.31 Å². The quantitative estimate of drug-likeness (QED) is 0.858. The van der Waals surface area contributed by atoms with Gasteiger partial charge in [0.2, 0.25) is 15.9 Å². The molecule has 1 N–H and O–H groups in total. The Morgan fingerprint density at radius 2 is 2.13 bits per heavy atom. The minimum atomic E-state index is -3.62. The van der Waals surface area contributed by atoms with Crippen LogP contribution in [0.2, 0.25) is 5.02 Å². The zero-order valence-electron chi connectivity index (χ0n) is 12.1. The van der Waals surface area contributed by atoms with Gasteiger partial charge in [0.25, 0.3) is 0 Å². The van der Waals surface area contributed by atoms with Crippen molar-refractivity contribution in [3.63, 3.8) is 0 Å². The minimum absolute atomic E-state index is 0.0660. The van der Waals surface area contributed by atoms with Crippen molar-refractivity contribution in [3.8, 4) is 0 Å². The largest absolute Gasteiger partial charge is 0.468 e. The van der Waals surface area contributed by atoms with Crippen molar-refractivity contribution in [3.05, 3.63) is 53.2 Å². The first-order valence-corrected chi connectivity index (χ1v) is 8.71. The number of nitrogens with zero attached hydrogens (tertiary/aromatic N) is 1. The maximum absolute atomic E-state index is 13.1. The maximum atomic E-state index is 13.1. The smallest absolute Gasteiger partial charge is 0.239 e. The zero-order chi connectivity index (χ0) is 17.0. The highest BCUT2D eigenvalue weighted by molar-refractivity contribution is 7.88. The number of amides is 1. The van der Waals surface area contributed by atoms with Crippen LogP contribution in [0.1, 0.15) is 5.76 Å². The average Bonchev–Trinajstić information content (AvgIpc) is 2.94. The van der Waals surface area contributed by atoms with Crippen LogP contribution in [0.5, 0.6) is 0 Å². The average molecular weight is 361 g/mol. The summed E-state index contributed by atoms with van der Waals surface area (Å²) in [6.07, 6.45) is 2.41. The van der Waals surface area contributed by atoms with Crippen LogP contribution in [0.15, 0.2) is 41.0 Å². The van der Waals surface area contributed by atoms with Gasteiger partial charge in [0.05, 0.1) is 30.6 Å². The molecule has 0 unspecified atom stereocenters. The van der Waals surface area contributed by atoms with E-state index < -0.39 is 28.3 Å². The van der Waals surface area contributed by atoms with Crippen molar-refractivity contribution in [1.82, 2.24) is 4.31 Å². The van der Waals surface area contributed by atoms with Crippen LogP contribution >= 0.6 is 11.6 Å². The molecule has 0 aliphatic rings. The molecule has 2 rings (SSSR count). The van der Waals surface area contributed by atoms with Crippen molar-refractivity contribution < 1.29 is 22.0 Å². The standard InChI is InChI=1S/C14H14ClFN2O4S/c1-23(20,21)18(8-11-3-2-6-22-11)9-14(19)17-10-4-5-13(16)12(15)7-10/h2-7H,8-9H2,1H3,(H,17,19). The zero-order valence-corrected chi connectivity index (χ0v) is 13.7. The molecular formula is C14H14ClFN2O4S. The molecule has 9 heteroatoms. The molecule has 1 amide bonds. The molecule has 0 aliphatic heterocycles. The summed E-state index contributed by atoms with van der Waals surface area (Å²) in [4.78, 5) is 12.0. The number of carbonyl (C=O) groups excluding carboxylic acids is 1. The first-order chi connectivity index (χ1) is 10.8. The van der Waals surface area contributed by atoms with E-state index in [9.17, 15) is 17.6 Å². The van der Waals surface area contributed by atoms with E-state index in [4.69, 9.17) is 16.0 Å². The number of hydrogen-bond donors (Lipinski definition) is 1. The molecule has 1 heterocycles. The molecule has 0 saturated carbocycles. The number of sulfonamides is 1. The number of benzene rings is 1. The first kappa shape index (κ1) is 17.5. The molecule has 0 aliphatic carbocycles. The summed E-state index contributed by atoms with van der Waals surface area (Å²) in [5.74, 6) is -0.780. The van der Waals surface area contributed by atoms with Crippen molar-refractivity contribution in [2.45, 2.75) is 6.54 Å². The normalized spacial score (nSPS) is 11.7. The Morgan fingerprint density at radius 3 is 2.70 bits per heavy atom. The number of rotatable bonds is 6. The van der Waals surface area contributed by atoms with Crippen molar-refractivity contribution >= 4 is 33.2 Å². The highest BCUT2D eigenvalue weighted by atomic mass is 35.5. The van der Waals surface area contributed by atoms with E-state index >= 15 is 0 Å². The van der Waals surface area contributed by atoms with Crippen LogP contribution in [0.3, 0.4) is 0 Å². The maximum Gasteiger partial charge on any atom is 0.239 e. The van der Waals surface area contributed by atoms with Gasteiger partial charge in [-0.05, 0) is 30.3 Å². The Balaban J connectivity index is 2.06. The number of hydrogen-bond acceptors (Lipinski definition) is 4. The van der Waals surface area contributed by atoms with Crippen LogP contribution in [-0.4, -0.2) is 31.4 Å². The Hall–Kier alpha value is -1.90. The molecule has 0 atom stereocenters. The lowest BCUT2D eigenvalue weighted by Gasteiger charge is -2.18. The van der Waals surface area contributed by atoms with Gasteiger partial charge in [-0.1, -0.05) is 11.6 Å². The second-order valence-corrected chi connectivity index (χ2v) is 7.18. The van der Waals surface area contributed by atoms with Crippen LogP contribution < -0.4 is 5.32 Å². The molecule has 23 heavy (non-hydrogen) atoms. The van der Waals surface area contributed by atoms with Gasteiger partial charge in [-0.3, -0.25) is 4.79 Å². The third-order valence-corrected chi connectivity index (χ3v) is 4.39. The second-order valence-electron chi connectivity index (χ2n) is 4.79. The number of anilines is 1. The lowest BCUT2D eigenvalue weighted by atomic mass is 10.3. The van der Waals surface area contributed by atoms with E-state index in [1.807, 2.05) is 0 Å². The summed E-state index contributed by atoms with van der Waals surface area (Å²) in [7, 11) is -3.62. The van der Waals surface area contributed by atoms with Gasteiger partial charge in [0, 0.05) is 5.69 Å². The number of carbonyl (C=O) groups is 1. The summed E-state index contributed by atoms with van der Waals surface area (Å²) < 4.78 is 42.7. The van der Waals surface area contributed by atoms with Crippen LogP contribution in [0.25, 0.3) is 0 Å². The topological polar surface area (TPSA) is 79.6 Å². The predicted molar refractivity (Wildman–Crippen MR) is 84.0 cm³/mol. The lowest BCUT2D eigenvalue weighted by molar-refractivity contribution is -0.116. The minimum Gasteiger partial charge on any atom is -0.468 e. The van der Waals surface area contributed by atoms with Gasteiger partial charge in [-0.15, -0.1) is 0 Å². The number of nitrogens with one attached hydrogen (secondary N) is 1. The van der Waals surface area contributed by atoms with Gasteiger partial charge in [-0.25, -0.2) is 12.8 Å². The van der Waals surface area contributed by atoms with Gasteiger partial charge in [0.1, 0.15) is 11.6 Å². The molecule has 0 spiro atoms. The van der Waals surface area contributed by atoms with E-state index in [1.165, 1.54) is 18.4 Å². The lowest BCUT2D eigenvalue weighted by Crippen LogP contribution is -2.36. The van der Waals surface area contributed by atoms with Crippen molar-refractivity contribution in [2.24, 2.45) is 0 Å². The second kappa shape index (κ2) is 7.12. The molecule has 0 fully saturated rings. The van der Waals surface area contributed by atoms with E-state index in [0.29, 0.717) is 5.76 Å². The molecule has 6 nitrogen and oxygen atoms in total.